The zero-order chi connectivity index (χ0) is 11.4. The van der Waals surface area contributed by atoms with Gasteiger partial charge in [-0.3, -0.25) is 4.21 Å². The van der Waals surface area contributed by atoms with E-state index in [-0.39, 0.29) is 6.04 Å². The van der Waals surface area contributed by atoms with Crippen LogP contribution in [0.5, 0.6) is 0 Å². The van der Waals surface area contributed by atoms with Gasteiger partial charge in [-0.15, -0.1) is 0 Å². The fourth-order valence-corrected chi connectivity index (χ4v) is 4.57. The van der Waals surface area contributed by atoms with Crippen LogP contribution in [0.15, 0.2) is 0 Å². The summed E-state index contributed by atoms with van der Waals surface area (Å²) in [7, 11) is -0.703. The molecule has 2 nitrogen and oxygen atoms in total. The maximum absolute atomic E-state index is 12.1. The maximum Gasteiger partial charge on any atom is 0.0389 e. The lowest BCUT2D eigenvalue weighted by molar-refractivity contribution is 0.305. The average molecular weight is 231 g/mol. The first-order chi connectivity index (χ1) is 7.02. The Bertz CT molecular complexity index is 210. The molecule has 4 atom stereocenters. The molecule has 0 spiro atoms. The van der Waals surface area contributed by atoms with E-state index in [0.29, 0.717) is 11.0 Å². The third kappa shape index (κ3) is 4.23. The Morgan fingerprint density at radius 1 is 1.27 bits per heavy atom. The van der Waals surface area contributed by atoms with E-state index >= 15 is 0 Å². The number of hydrogen-bond donors (Lipinski definition) is 1. The molecular formula is C12H25NOS. The second-order valence-corrected chi connectivity index (χ2v) is 7.02. The van der Waals surface area contributed by atoms with E-state index < -0.39 is 10.8 Å². The van der Waals surface area contributed by atoms with Crippen LogP contribution < -0.4 is 5.73 Å². The summed E-state index contributed by atoms with van der Waals surface area (Å²) in [6.45, 7) is 6.62. The summed E-state index contributed by atoms with van der Waals surface area (Å²) in [6, 6.07) is 0.123. The molecule has 1 fully saturated rings. The van der Waals surface area contributed by atoms with E-state index in [1.54, 1.807) is 0 Å². The number of nitrogens with two attached hydrogens (primary N) is 1. The Hall–Kier alpha value is 0.110. The topological polar surface area (TPSA) is 43.1 Å². The van der Waals surface area contributed by atoms with Crippen molar-refractivity contribution in [1.82, 2.24) is 0 Å². The highest BCUT2D eigenvalue weighted by molar-refractivity contribution is 7.85. The van der Waals surface area contributed by atoms with E-state index in [1.807, 2.05) is 0 Å². The van der Waals surface area contributed by atoms with Crippen molar-refractivity contribution in [3.05, 3.63) is 0 Å². The van der Waals surface area contributed by atoms with Gasteiger partial charge in [0, 0.05) is 27.8 Å². The minimum atomic E-state index is -0.703. The zero-order valence-electron chi connectivity index (χ0n) is 10.2. The third-order valence-electron chi connectivity index (χ3n) is 3.41. The van der Waals surface area contributed by atoms with Gasteiger partial charge in [0.25, 0.3) is 0 Å². The van der Waals surface area contributed by atoms with E-state index in [2.05, 4.69) is 20.8 Å². The molecule has 90 valence electrons. The number of hydrogen-bond acceptors (Lipinski definition) is 2. The zero-order valence-corrected chi connectivity index (χ0v) is 11.1. The minimum Gasteiger partial charge on any atom is -0.327 e. The molecule has 1 rings (SSSR count). The molecule has 1 aliphatic rings. The second kappa shape index (κ2) is 6.00. The normalized spacial score (nSPS) is 36.1. The van der Waals surface area contributed by atoms with Gasteiger partial charge in [0.15, 0.2) is 0 Å². The smallest absolute Gasteiger partial charge is 0.0389 e. The molecule has 2 N–H and O–H groups in total. The summed E-state index contributed by atoms with van der Waals surface area (Å²) >= 11 is 0. The van der Waals surface area contributed by atoms with Crippen LogP contribution >= 0.6 is 0 Å². The van der Waals surface area contributed by atoms with Gasteiger partial charge in [0.2, 0.25) is 0 Å². The van der Waals surface area contributed by atoms with Crippen molar-refractivity contribution in [3.8, 4) is 0 Å². The van der Waals surface area contributed by atoms with Crippen LogP contribution in [-0.2, 0) is 10.8 Å². The van der Waals surface area contributed by atoms with Gasteiger partial charge >= 0.3 is 0 Å². The predicted molar refractivity (Wildman–Crippen MR) is 67.2 cm³/mol. The molecule has 15 heavy (non-hydrogen) atoms. The van der Waals surface area contributed by atoms with Crippen LogP contribution in [-0.4, -0.2) is 21.3 Å². The summed E-state index contributed by atoms with van der Waals surface area (Å²) in [4.78, 5) is 0. The summed E-state index contributed by atoms with van der Waals surface area (Å²) < 4.78 is 12.1. The van der Waals surface area contributed by atoms with E-state index in [4.69, 9.17) is 5.73 Å². The van der Waals surface area contributed by atoms with Crippen molar-refractivity contribution < 1.29 is 4.21 Å². The Morgan fingerprint density at radius 3 is 2.27 bits per heavy atom. The Morgan fingerprint density at radius 2 is 1.80 bits per heavy atom. The standard InChI is InChI=1S/C12H25NOS/c1-4-11(13)8-15(14)12-6-9(2)5-10(3)7-12/h9-12H,4-8,13H2,1-3H3. The molecule has 0 aromatic heterocycles. The molecule has 0 heterocycles. The summed E-state index contributed by atoms with van der Waals surface area (Å²) in [5.74, 6) is 2.17. The first kappa shape index (κ1) is 13.2. The minimum absolute atomic E-state index is 0.123. The Balaban J connectivity index is 2.44. The van der Waals surface area contributed by atoms with Gasteiger partial charge in [-0.2, -0.15) is 0 Å². The van der Waals surface area contributed by atoms with Gasteiger partial charge in [0.1, 0.15) is 0 Å². The Labute approximate surface area is 96.5 Å². The van der Waals surface area contributed by atoms with Crippen LogP contribution in [0, 0.1) is 11.8 Å². The van der Waals surface area contributed by atoms with E-state index in [9.17, 15) is 4.21 Å². The van der Waals surface area contributed by atoms with Crippen molar-refractivity contribution in [2.24, 2.45) is 17.6 Å². The molecule has 4 unspecified atom stereocenters. The molecule has 0 aliphatic heterocycles. The average Bonchev–Trinajstić information content (AvgIpc) is 2.16. The molecule has 0 bridgehead atoms. The molecule has 0 aromatic carbocycles. The number of rotatable bonds is 4. The maximum atomic E-state index is 12.1. The highest BCUT2D eigenvalue weighted by atomic mass is 32.2. The lowest BCUT2D eigenvalue weighted by Crippen LogP contribution is -2.34. The first-order valence-electron chi connectivity index (χ1n) is 6.15. The SMILES string of the molecule is CCC(N)CS(=O)C1CC(C)CC(C)C1. The summed E-state index contributed by atoms with van der Waals surface area (Å²) in [5.41, 5.74) is 5.86. The molecule has 0 aromatic rings. The summed E-state index contributed by atoms with van der Waals surface area (Å²) in [5, 5.41) is 0.404. The molecule has 1 saturated carbocycles. The van der Waals surface area contributed by atoms with E-state index in [0.717, 1.165) is 31.1 Å². The van der Waals surface area contributed by atoms with Crippen LogP contribution in [0.2, 0.25) is 0 Å². The van der Waals surface area contributed by atoms with Gasteiger partial charge < -0.3 is 5.73 Å². The fourth-order valence-electron chi connectivity index (χ4n) is 2.55. The molecule has 0 radical (unpaired) electrons. The highest BCUT2D eigenvalue weighted by Crippen LogP contribution is 2.31. The van der Waals surface area contributed by atoms with Crippen molar-refractivity contribution in [1.29, 1.82) is 0 Å². The predicted octanol–water partition coefficient (Wildman–Crippen LogP) is 2.30. The molecule has 0 saturated heterocycles. The molecule has 3 heteroatoms. The fraction of sp³-hybridized carbons (Fsp3) is 1.00. The van der Waals surface area contributed by atoms with Crippen molar-refractivity contribution >= 4 is 10.8 Å². The van der Waals surface area contributed by atoms with Crippen molar-refractivity contribution in [2.45, 2.75) is 57.7 Å². The van der Waals surface area contributed by atoms with Crippen molar-refractivity contribution in [3.63, 3.8) is 0 Å². The lowest BCUT2D eigenvalue weighted by atomic mass is 9.83. The molecular weight excluding hydrogens is 206 g/mol. The molecule has 0 amide bonds. The van der Waals surface area contributed by atoms with Gasteiger partial charge in [0.05, 0.1) is 0 Å². The second-order valence-electron chi connectivity index (χ2n) is 5.26. The first-order valence-corrected chi connectivity index (χ1v) is 7.53. The van der Waals surface area contributed by atoms with Crippen LogP contribution in [0.1, 0.15) is 46.5 Å². The third-order valence-corrected chi connectivity index (χ3v) is 5.29. The van der Waals surface area contributed by atoms with Crippen LogP contribution in [0.25, 0.3) is 0 Å². The van der Waals surface area contributed by atoms with Crippen molar-refractivity contribution in [2.75, 3.05) is 5.75 Å². The highest BCUT2D eigenvalue weighted by Gasteiger charge is 2.28. The Kier molecular flexibility index (Phi) is 5.27. The van der Waals surface area contributed by atoms with Crippen LogP contribution in [0.4, 0.5) is 0 Å². The van der Waals surface area contributed by atoms with Gasteiger partial charge in [-0.1, -0.05) is 20.8 Å². The monoisotopic (exact) mass is 231 g/mol. The lowest BCUT2D eigenvalue weighted by Gasteiger charge is -2.31. The molecule has 1 aliphatic carbocycles. The van der Waals surface area contributed by atoms with Gasteiger partial charge in [-0.05, 0) is 37.5 Å². The van der Waals surface area contributed by atoms with Gasteiger partial charge in [-0.25, -0.2) is 0 Å². The largest absolute Gasteiger partial charge is 0.327 e. The quantitative estimate of drug-likeness (QED) is 0.807. The van der Waals surface area contributed by atoms with E-state index in [1.165, 1.54) is 6.42 Å². The van der Waals surface area contributed by atoms with Crippen LogP contribution in [0.3, 0.4) is 0 Å². The summed E-state index contributed by atoms with van der Waals surface area (Å²) in [6.07, 6.45) is 4.50.